The number of halogens is 1. The van der Waals surface area contributed by atoms with Gasteiger partial charge < -0.3 is 16.4 Å². The predicted octanol–water partition coefficient (Wildman–Crippen LogP) is 2.89. The van der Waals surface area contributed by atoms with Crippen molar-refractivity contribution in [3.05, 3.63) is 83.7 Å². The fourth-order valence-corrected chi connectivity index (χ4v) is 4.05. The first kappa shape index (κ1) is 23.3. The van der Waals surface area contributed by atoms with E-state index in [2.05, 4.69) is 37.6 Å². The lowest BCUT2D eigenvalue weighted by atomic mass is 10.1. The fourth-order valence-electron chi connectivity index (χ4n) is 4.05. The summed E-state index contributed by atoms with van der Waals surface area (Å²) in [6, 6.07) is 14.7. The van der Waals surface area contributed by atoms with Crippen molar-refractivity contribution < 1.29 is 14.0 Å². The highest BCUT2D eigenvalue weighted by Crippen LogP contribution is 2.22. The van der Waals surface area contributed by atoms with Gasteiger partial charge in [-0.05, 0) is 43.5 Å². The van der Waals surface area contributed by atoms with Gasteiger partial charge in [-0.15, -0.1) is 0 Å². The topological polar surface area (TPSA) is 113 Å². The number of nitrogens with two attached hydrogens (primary N) is 1. The van der Waals surface area contributed by atoms with Crippen molar-refractivity contribution in [3.63, 3.8) is 0 Å². The molecule has 2 heterocycles. The average Bonchev–Trinajstić information content (AvgIpc) is 3.31. The SMILES string of the molecule is Nc1cccc(F)c1NC(=O)c1cnc(C(=O)NCC2CCCN2CCc2ccccc2)cn1. The van der Waals surface area contributed by atoms with Crippen LogP contribution in [0.15, 0.2) is 60.9 Å². The van der Waals surface area contributed by atoms with Crippen LogP contribution in [0, 0.1) is 5.82 Å². The molecular weight excluding hydrogens is 435 g/mol. The number of carbonyl (C=O) groups excluding carboxylic acids is 2. The lowest BCUT2D eigenvalue weighted by Crippen LogP contribution is -2.41. The Bertz CT molecular complexity index is 1120. The minimum absolute atomic E-state index is 0.0536. The quantitative estimate of drug-likeness (QED) is 0.444. The summed E-state index contributed by atoms with van der Waals surface area (Å²) in [6.07, 6.45) is 5.52. The summed E-state index contributed by atoms with van der Waals surface area (Å²) in [5.41, 5.74) is 7.04. The molecular formula is C25H27FN6O2. The molecule has 2 aromatic carbocycles. The van der Waals surface area contributed by atoms with Crippen molar-refractivity contribution in [2.45, 2.75) is 25.3 Å². The number of benzene rings is 2. The molecule has 1 aromatic heterocycles. The summed E-state index contributed by atoms with van der Waals surface area (Å²) in [6.45, 7) is 2.48. The first-order valence-corrected chi connectivity index (χ1v) is 11.2. The predicted molar refractivity (Wildman–Crippen MR) is 128 cm³/mol. The van der Waals surface area contributed by atoms with Crippen LogP contribution in [0.3, 0.4) is 0 Å². The van der Waals surface area contributed by atoms with Crippen LogP contribution in [0.4, 0.5) is 15.8 Å². The molecule has 34 heavy (non-hydrogen) atoms. The molecule has 1 aliphatic rings. The van der Waals surface area contributed by atoms with Crippen LogP contribution >= 0.6 is 0 Å². The third-order valence-corrected chi connectivity index (χ3v) is 5.93. The van der Waals surface area contributed by atoms with Crippen LogP contribution in [0.1, 0.15) is 39.4 Å². The van der Waals surface area contributed by atoms with E-state index in [-0.39, 0.29) is 34.7 Å². The van der Waals surface area contributed by atoms with Gasteiger partial charge in [0, 0.05) is 19.1 Å². The van der Waals surface area contributed by atoms with E-state index in [0.29, 0.717) is 6.54 Å². The van der Waals surface area contributed by atoms with Crippen molar-refractivity contribution >= 4 is 23.2 Å². The minimum atomic E-state index is -0.670. The van der Waals surface area contributed by atoms with Crippen LogP contribution in [0.5, 0.6) is 0 Å². The molecule has 0 radical (unpaired) electrons. The maximum atomic E-state index is 13.9. The Balaban J connectivity index is 1.29. The van der Waals surface area contributed by atoms with Crippen molar-refractivity contribution in [2.75, 3.05) is 30.7 Å². The van der Waals surface area contributed by atoms with Crippen molar-refractivity contribution in [2.24, 2.45) is 0 Å². The van der Waals surface area contributed by atoms with Gasteiger partial charge >= 0.3 is 0 Å². The number of amides is 2. The number of likely N-dealkylation sites (tertiary alicyclic amines) is 1. The number of nitrogens with one attached hydrogen (secondary N) is 2. The first-order chi connectivity index (χ1) is 16.5. The lowest BCUT2D eigenvalue weighted by Gasteiger charge is -2.24. The summed E-state index contributed by atoms with van der Waals surface area (Å²) in [7, 11) is 0. The Labute approximate surface area is 197 Å². The summed E-state index contributed by atoms with van der Waals surface area (Å²) >= 11 is 0. The van der Waals surface area contributed by atoms with Gasteiger partial charge in [0.25, 0.3) is 11.8 Å². The number of rotatable bonds is 8. The van der Waals surface area contributed by atoms with E-state index in [1.807, 2.05) is 18.2 Å². The number of carbonyl (C=O) groups is 2. The Kier molecular flexibility index (Phi) is 7.44. The highest BCUT2D eigenvalue weighted by molar-refractivity contribution is 6.04. The maximum absolute atomic E-state index is 13.9. The molecule has 4 rings (SSSR count). The Hall–Kier alpha value is -3.85. The molecule has 1 atom stereocenters. The number of hydrogen-bond acceptors (Lipinski definition) is 6. The normalized spacial score (nSPS) is 15.7. The molecule has 9 heteroatoms. The highest BCUT2D eigenvalue weighted by atomic mass is 19.1. The molecule has 3 aromatic rings. The van der Waals surface area contributed by atoms with Gasteiger partial charge in [-0.2, -0.15) is 0 Å². The molecule has 0 aliphatic carbocycles. The van der Waals surface area contributed by atoms with Gasteiger partial charge in [-0.1, -0.05) is 36.4 Å². The zero-order valence-corrected chi connectivity index (χ0v) is 18.7. The molecule has 0 bridgehead atoms. The van der Waals surface area contributed by atoms with E-state index in [1.54, 1.807) is 0 Å². The Morgan fingerprint density at radius 1 is 1.03 bits per heavy atom. The van der Waals surface area contributed by atoms with Gasteiger partial charge in [-0.3, -0.25) is 14.5 Å². The summed E-state index contributed by atoms with van der Waals surface area (Å²) < 4.78 is 13.9. The summed E-state index contributed by atoms with van der Waals surface area (Å²) in [5.74, 6) is -1.67. The van der Waals surface area contributed by atoms with Crippen LogP contribution in [0.2, 0.25) is 0 Å². The van der Waals surface area contributed by atoms with E-state index in [0.717, 1.165) is 32.4 Å². The van der Waals surface area contributed by atoms with Gasteiger partial charge in [0.2, 0.25) is 0 Å². The average molecular weight is 463 g/mol. The number of para-hydroxylation sites is 1. The van der Waals surface area contributed by atoms with Gasteiger partial charge in [0.1, 0.15) is 22.9 Å². The van der Waals surface area contributed by atoms with E-state index in [4.69, 9.17) is 5.73 Å². The Morgan fingerprint density at radius 3 is 2.47 bits per heavy atom. The maximum Gasteiger partial charge on any atom is 0.275 e. The van der Waals surface area contributed by atoms with Crippen molar-refractivity contribution in [1.29, 1.82) is 0 Å². The summed E-state index contributed by atoms with van der Waals surface area (Å²) in [5, 5.41) is 5.31. The number of nitrogens with zero attached hydrogens (tertiary/aromatic N) is 3. The standard InChI is InChI=1S/C25H27FN6O2/c26-19-9-4-10-20(27)23(19)31-25(34)22-16-28-21(15-29-22)24(33)30-14-18-8-5-12-32(18)13-11-17-6-2-1-3-7-17/h1-4,6-7,9-10,15-16,18H,5,8,11-14,27H2,(H,30,33)(H,31,34). The van der Waals surface area contributed by atoms with Crippen molar-refractivity contribution in [1.82, 2.24) is 20.2 Å². The number of aromatic nitrogens is 2. The van der Waals surface area contributed by atoms with E-state index in [1.165, 1.54) is 36.2 Å². The van der Waals surface area contributed by atoms with Gasteiger partial charge in [0.15, 0.2) is 0 Å². The first-order valence-electron chi connectivity index (χ1n) is 11.2. The zero-order valence-electron chi connectivity index (χ0n) is 18.7. The lowest BCUT2D eigenvalue weighted by molar-refractivity contribution is 0.0933. The summed E-state index contributed by atoms with van der Waals surface area (Å²) in [4.78, 5) is 35.4. The second-order valence-corrected chi connectivity index (χ2v) is 8.22. The van der Waals surface area contributed by atoms with E-state index >= 15 is 0 Å². The molecule has 0 saturated carbocycles. The highest BCUT2D eigenvalue weighted by Gasteiger charge is 2.25. The number of anilines is 2. The number of nitrogen functional groups attached to an aromatic ring is 1. The molecule has 2 amide bonds. The van der Waals surface area contributed by atoms with Crippen LogP contribution < -0.4 is 16.4 Å². The third kappa shape index (κ3) is 5.74. The second kappa shape index (κ2) is 10.8. The monoisotopic (exact) mass is 462 g/mol. The second-order valence-electron chi connectivity index (χ2n) is 8.22. The Morgan fingerprint density at radius 2 is 1.76 bits per heavy atom. The molecule has 4 N–H and O–H groups in total. The van der Waals surface area contributed by atoms with Gasteiger partial charge in [0.05, 0.1) is 18.1 Å². The molecule has 1 fully saturated rings. The molecule has 0 spiro atoms. The molecule has 8 nitrogen and oxygen atoms in total. The smallest absolute Gasteiger partial charge is 0.275 e. The zero-order chi connectivity index (χ0) is 23.9. The fraction of sp³-hybridized carbons (Fsp3) is 0.280. The number of hydrogen-bond donors (Lipinski definition) is 3. The third-order valence-electron chi connectivity index (χ3n) is 5.93. The molecule has 176 valence electrons. The van der Waals surface area contributed by atoms with Crippen LogP contribution in [-0.2, 0) is 6.42 Å². The van der Waals surface area contributed by atoms with E-state index in [9.17, 15) is 14.0 Å². The largest absolute Gasteiger partial charge is 0.397 e. The van der Waals surface area contributed by atoms with Crippen LogP contribution in [0.25, 0.3) is 0 Å². The van der Waals surface area contributed by atoms with Crippen molar-refractivity contribution in [3.8, 4) is 0 Å². The molecule has 1 saturated heterocycles. The van der Waals surface area contributed by atoms with Gasteiger partial charge in [-0.25, -0.2) is 14.4 Å². The van der Waals surface area contributed by atoms with E-state index < -0.39 is 11.7 Å². The molecule has 1 unspecified atom stereocenters. The minimum Gasteiger partial charge on any atom is -0.397 e. The van der Waals surface area contributed by atoms with Crippen LogP contribution in [-0.4, -0.2) is 52.4 Å². The molecule has 1 aliphatic heterocycles.